The first-order valence-corrected chi connectivity index (χ1v) is 8.77. The van der Waals surface area contributed by atoms with Crippen molar-refractivity contribution in [3.63, 3.8) is 0 Å². The Hall–Kier alpha value is -1.79. The molecular weight excluding hydrogens is 308 g/mol. The summed E-state index contributed by atoms with van der Waals surface area (Å²) in [6.45, 7) is 4.21. The third-order valence-corrected chi connectivity index (χ3v) is 5.24. The number of ether oxygens (including phenoxy) is 3. The van der Waals surface area contributed by atoms with Crippen LogP contribution in [-0.4, -0.2) is 49.4 Å². The molecule has 1 saturated heterocycles. The van der Waals surface area contributed by atoms with Gasteiger partial charge in [0, 0.05) is 24.3 Å². The molecule has 6 nitrogen and oxygen atoms in total. The second kappa shape index (κ2) is 6.61. The van der Waals surface area contributed by atoms with E-state index in [0.717, 1.165) is 23.5 Å². The van der Waals surface area contributed by atoms with E-state index in [-0.39, 0.29) is 18.7 Å². The highest BCUT2D eigenvalue weighted by molar-refractivity contribution is 5.96. The van der Waals surface area contributed by atoms with Crippen LogP contribution in [0.2, 0.25) is 0 Å². The van der Waals surface area contributed by atoms with Crippen LogP contribution in [-0.2, 0) is 9.53 Å². The molecule has 0 unspecified atom stereocenters. The van der Waals surface area contributed by atoms with Gasteiger partial charge >= 0.3 is 0 Å². The van der Waals surface area contributed by atoms with E-state index in [0.29, 0.717) is 25.0 Å². The number of aryl methyl sites for hydroxylation is 1. The molecule has 4 rings (SSSR count). The smallest absolute Gasteiger partial charge is 0.244 e. The largest absolute Gasteiger partial charge is 0.454 e. The predicted octanol–water partition coefficient (Wildman–Crippen LogP) is 2.31. The van der Waals surface area contributed by atoms with Gasteiger partial charge in [0.2, 0.25) is 12.7 Å². The molecule has 2 aliphatic heterocycles. The van der Waals surface area contributed by atoms with E-state index in [1.54, 1.807) is 0 Å². The fourth-order valence-electron chi connectivity index (χ4n) is 3.91. The second-order valence-corrected chi connectivity index (χ2v) is 6.78. The fourth-order valence-corrected chi connectivity index (χ4v) is 3.91. The molecule has 1 aromatic carbocycles. The number of carbonyl (C=O) groups is 1. The van der Waals surface area contributed by atoms with Gasteiger partial charge in [0.1, 0.15) is 6.04 Å². The molecule has 24 heavy (non-hydrogen) atoms. The Morgan fingerprint density at radius 3 is 2.75 bits per heavy atom. The fraction of sp³-hybridized carbons (Fsp3) is 0.611. The first-order chi connectivity index (χ1) is 11.7. The minimum Gasteiger partial charge on any atom is -0.454 e. The van der Waals surface area contributed by atoms with E-state index in [1.807, 2.05) is 19.1 Å². The zero-order valence-corrected chi connectivity index (χ0v) is 14.0. The maximum Gasteiger partial charge on any atom is 0.244 e. The van der Waals surface area contributed by atoms with E-state index in [2.05, 4.69) is 10.2 Å². The molecular formula is C18H24N2O4. The zero-order valence-electron chi connectivity index (χ0n) is 14.0. The summed E-state index contributed by atoms with van der Waals surface area (Å²) in [6.07, 6.45) is 4.90. The molecule has 1 amide bonds. The van der Waals surface area contributed by atoms with E-state index < -0.39 is 0 Å². The Kier molecular flexibility index (Phi) is 4.33. The average Bonchev–Trinajstić information content (AvgIpc) is 3.26. The lowest BCUT2D eigenvalue weighted by atomic mass is 10.1. The molecule has 2 fully saturated rings. The lowest BCUT2D eigenvalue weighted by molar-refractivity contribution is -0.129. The van der Waals surface area contributed by atoms with Crippen LogP contribution in [0.15, 0.2) is 12.1 Å². The predicted molar refractivity (Wildman–Crippen MR) is 89.5 cm³/mol. The summed E-state index contributed by atoms with van der Waals surface area (Å²) in [6, 6.07) is 4.05. The van der Waals surface area contributed by atoms with Gasteiger partial charge in [-0.15, -0.1) is 0 Å². The monoisotopic (exact) mass is 332 g/mol. The van der Waals surface area contributed by atoms with Crippen LogP contribution >= 0.6 is 0 Å². The summed E-state index contributed by atoms with van der Waals surface area (Å²) in [5.74, 6) is 1.42. The zero-order chi connectivity index (χ0) is 16.5. The summed E-state index contributed by atoms with van der Waals surface area (Å²) >= 11 is 0. The Labute approximate surface area is 142 Å². The van der Waals surface area contributed by atoms with Gasteiger partial charge in [0.05, 0.1) is 13.2 Å². The van der Waals surface area contributed by atoms with Crippen LogP contribution in [0, 0.1) is 6.92 Å². The molecule has 1 saturated carbocycles. The van der Waals surface area contributed by atoms with Crippen LogP contribution in [0.5, 0.6) is 11.5 Å². The minimum absolute atomic E-state index is 0.00330. The number of carbonyl (C=O) groups excluding carboxylic acids is 1. The molecule has 0 bridgehead atoms. The highest BCUT2D eigenvalue weighted by Crippen LogP contribution is 2.37. The molecule has 0 radical (unpaired) electrons. The summed E-state index contributed by atoms with van der Waals surface area (Å²) in [5.41, 5.74) is 1.75. The van der Waals surface area contributed by atoms with E-state index in [4.69, 9.17) is 14.2 Å². The van der Waals surface area contributed by atoms with Gasteiger partial charge in [-0.2, -0.15) is 0 Å². The van der Waals surface area contributed by atoms with Crippen molar-refractivity contribution in [2.75, 3.05) is 31.9 Å². The second-order valence-electron chi connectivity index (χ2n) is 6.78. The molecule has 0 spiro atoms. The Balaban J connectivity index is 1.50. The average molecular weight is 332 g/mol. The number of nitrogens with zero attached hydrogens (tertiary/aromatic N) is 1. The standard InChI is InChI=1S/C18H24N2O4/c1-12-8-16-17(24-11-23-16)9-14(12)19-18(21)15-10-22-7-6-20(15)13-4-2-3-5-13/h8-9,13,15H,2-7,10-11H2,1H3,(H,19,21)/t15-/m0/s1. The maximum atomic E-state index is 12.9. The third kappa shape index (κ3) is 2.96. The Bertz CT molecular complexity index is 628. The number of morpholine rings is 1. The molecule has 130 valence electrons. The van der Waals surface area contributed by atoms with Crippen molar-refractivity contribution in [2.45, 2.75) is 44.7 Å². The van der Waals surface area contributed by atoms with Gasteiger partial charge in [-0.25, -0.2) is 0 Å². The normalized spacial score (nSPS) is 24.3. The molecule has 1 aliphatic carbocycles. The van der Waals surface area contributed by atoms with Crippen molar-refractivity contribution in [3.05, 3.63) is 17.7 Å². The van der Waals surface area contributed by atoms with Gasteiger partial charge in [-0.1, -0.05) is 12.8 Å². The maximum absolute atomic E-state index is 12.9. The lowest BCUT2D eigenvalue weighted by Crippen LogP contribution is -2.55. The number of fused-ring (bicyclic) bond motifs is 1. The number of anilines is 1. The highest BCUT2D eigenvalue weighted by Gasteiger charge is 2.35. The van der Waals surface area contributed by atoms with Crippen LogP contribution < -0.4 is 14.8 Å². The van der Waals surface area contributed by atoms with Crippen LogP contribution in [0.25, 0.3) is 0 Å². The summed E-state index contributed by atoms with van der Waals surface area (Å²) < 4.78 is 16.4. The molecule has 2 heterocycles. The molecule has 3 aliphatic rings. The van der Waals surface area contributed by atoms with Crippen molar-refractivity contribution in [2.24, 2.45) is 0 Å². The van der Waals surface area contributed by atoms with Gasteiger partial charge in [-0.3, -0.25) is 9.69 Å². The number of hydrogen-bond acceptors (Lipinski definition) is 5. The first-order valence-electron chi connectivity index (χ1n) is 8.77. The van der Waals surface area contributed by atoms with Gasteiger partial charge in [-0.05, 0) is 31.4 Å². The minimum atomic E-state index is -0.216. The third-order valence-electron chi connectivity index (χ3n) is 5.24. The number of amides is 1. The van der Waals surface area contributed by atoms with Crippen molar-refractivity contribution < 1.29 is 19.0 Å². The van der Waals surface area contributed by atoms with Crippen LogP contribution in [0.1, 0.15) is 31.2 Å². The van der Waals surface area contributed by atoms with Gasteiger partial charge in [0.15, 0.2) is 11.5 Å². The van der Waals surface area contributed by atoms with Gasteiger partial charge in [0.25, 0.3) is 0 Å². The van der Waals surface area contributed by atoms with Crippen molar-refractivity contribution in [1.29, 1.82) is 0 Å². The van der Waals surface area contributed by atoms with Crippen molar-refractivity contribution in [1.82, 2.24) is 4.90 Å². The number of benzene rings is 1. The lowest BCUT2D eigenvalue weighted by Gasteiger charge is -2.38. The summed E-state index contributed by atoms with van der Waals surface area (Å²) in [7, 11) is 0. The Morgan fingerprint density at radius 1 is 1.21 bits per heavy atom. The van der Waals surface area contributed by atoms with E-state index in [1.165, 1.54) is 25.7 Å². The van der Waals surface area contributed by atoms with Crippen LogP contribution in [0.4, 0.5) is 5.69 Å². The number of rotatable bonds is 3. The van der Waals surface area contributed by atoms with Gasteiger partial charge < -0.3 is 19.5 Å². The number of nitrogens with one attached hydrogen (secondary N) is 1. The Morgan fingerprint density at radius 2 is 1.96 bits per heavy atom. The van der Waals surface area contributed by atoms with E-state index in [9.17, 15) is 4.79 Å². The van der Waals surface area contributed by atoms with Crippen molar-refractivity contribution in [3.8, 4) is 11.5 Å². The molecule has 1 aromatic rings. The van der Waals surface area contributed by atoms with Crippen molar-refractivity contribution >= 4 is 11.6 Å². The quantitative estimate of drug-likeness (QED) is 0.920. The van der Waals surface area contributed by atoms with E-state index >= 15 is 0 Å². The SMILES string of the molecule is Cc1cc2c(cc1NC(=O)[C@@H]1COCCN1C1CCCC1)OCO2. The van der Waals surface area contributed by atoms with Crippen LogP contribution in [0.3, 0.4) is 0 Å². The molecule has 6 heteroatoms. The first kappa shape index (κ1) is 15.7. The highest BCUT2D eigenvalue weighted by atomic mass is 16.7. The number of hydrogen-bond donors (Lipinski definition) is 1. The summed E-state index contributed by atoms with van der Waals surface area (Å²) in [4.78, 5) is 15.2. The molecule has 1 N–H and O–H groups in total. The topological polar surface area (TPSA) is 60.0 Å². The molecule has 0 aromatic heterocycles. The summed E-state index contributed by atoms with van der Waals surface area (Å²) in [5, 5.41) is 3.07. The molecule has 1 atom stereocenters.